The molecule has 1 aromatic heterocycles. The van der Waals surface area contributed by atoms with Gasteiger partial charge >= 0.3 is 6.03 Å². The SMILES string of the molecule is CCc1ccccc1N1CCN(C(=O)NCc2cccnc2)CC1. The number of anilines is 1. The quantitative estimate of drug-likeness (QED) is 0.941. The Morgan fingerprint density at radius 1 is 1.12 bits per heavy atom. The third kappa shape index (κ3) is 3.85. The molecule has 1 saturated heterocycles. The minimum Gasteiger partial charge on any atom is -0.368 e. The maximum atomic E-state index is 12.3. The zero-order valence-electron chi connectivity index (χ0n) is 14.1. The van der Waals surface area contributed by atoms with Crippen molar-refractivity contribution in [1.29, 1.82) is 0 Å². The number of hydrogen-bond acceptors (Lipinski definition) is 3. The number of urea groups is 1. The third-order valence-electron chi connectivity index (χ3n) is 4.45. The second kappa shape index (κ2) is 7.81. The lowest BCUT2D eigenvalue weighted by atomic mass is 10.1. The van der Waals surface area contributed by atoms with Crippen molar-refractivity contribution in [2.45, 2.75) is 19.9 Å². The van der Waals surface area contributed by atoms with E-state index in [4.69, 9.17) is 0 Å². The Hall–Kier alpha value is -2.56. The van der Waals surface area contributed by atoms with E-state index in [9.17, 15) is 4.79 Å². The van der Waals surface area contributed by atoms with Crippen LogP contribution in [0.4, 0.5) is 10.5 Å². The predicted octanol–water partition coefficient (Wildman–Crippen LogP) is 2.68. The zero-order valence-corrected chi connectivity index (χ0v) is 14.1. The minimum atomic E-state index is 0.00211. The molecule has 0 bridgehead atoms. The molecule has 0 spiro atoms. The number of aromatic nitrogens is 1. The van der Waals surface area contributed by atoms with Crippen LogP contribution in [0.2, 0.25) is 0 Å². The second-order valence-corrected chi connectivity index (χ2v) is 5.98. The molecule has 1 aliphatic rings. The maximum absolute atomic E-state index is 12.3. The van der Waals surface area contributed by atoms with Crippen LogP contribution in [0, 0.1) is 0 Å². The monoisotopic (exact) mass is 324 g/mol. The molecule has 0 saturated carbocycles. The van der Waals surface area contributed by atoms with Gasteiger partial charge in [-0.05, 0) is 29.7 Å². The summed E-state index contributed by atoms with van der Waals surface area (Å²) in [6, 6.07) is 12.4. The fraction of sp³-hybridized carbons (Fsp3) is 0.368. The molecule has 5 nitrogen and oxygen atoms in total. The minimum absolute atomic E-state index is 0.00211. The normalized spacial score (nSPS) is 14.5. The highest BCUT2D eigenvalue weighted by molar-refractivity contribution is 5.74. The molecular weight excluding hydrogens is 300 g/mol. The summed E-state index contributed by atoms with van der Waals surface area (Å²) in [7, 11) is 0. The summed E-state index contributed by atoms with van der Waals surface area (Å²) in [5, 5.41) is 2.97. The van der Waals surface area contributed by atoms with E-state index < -0.39 is 0 Å². The summed E-state index contributed by atoms with van der Waals surface area (Å²) in [4.78, 5) is 20.6. The number of para-hydroxylation sites is 1. The number of aryl methyl sites for hydroxylation is 1. The lowest BCUT2D eigenvalue weighted by Gasteiger charge is -2.37. The van der Waals surface area contributed by atoms with Crippen molar-refractivity contribution < 1.29 is 4.79 Å². The number of nitrogens with one attached hydrogen (secondary N) is 1. The smallest absolute Gasteiger partial charge is 0.317 e. The number of benzene rings is 1. The van der Waals surface area contributed by atoms with Crippen LogP contribution < -0.4 is 10.2 Å². The molecule has 2 heterocycles. The first-order valence-electron chi connectivity index (χ1n) is 8.52. The Kier molecular flexibility index (Phi) is 5.31. The van der Waals surface area contributed by atoms with Gasteiger partial charge in [-0.1, -0.05) is 31.2 Å². The third-order valence-corrected chi connectivity index (χ3v) is 4.45. The summed E-state index contributed by atoms with van der Waals surface area (Å²) < 4.78 is 0. The van der Waals surface area contributed by atoms with Gasteiger partial charge in [0, 0.05) is 50.8 Å². The highest BCUT2D eigenvalue weighted by atomic mass is 16.2. The fourth-order valence-electron chi connectivity index (χ4n) is 3.06. The van der Waals surface area contributed by atoms with Crippen LogP contribution in [-0.4, -0.2) is 42.1 Å². The molecule has 0 unspecified atom stereocenters. The number of carbonyl (C=O) groups excluding carboxylic acids is 1. The van der Waals surface area contributed by atoms with E-state index in [2.05, 4.69) is 46.4 Å². The summed E-state index contributed by atoms with van der Waals surface area (Å²) in [6.45, 7) is 5.94. The maximum Gasteiger partial charge on any atom is 0.317 e. The van der Waals surface area contributed by atoms with Crippen LogP contribution in [0.1, 0.15) is 18.1 Å². The van der Waals surface area contributed by atoms with E-state index in [0.29, 0.717) is 6.54 Å². The van der Waals surface area contributed by atoms with Crippen LogP contribution in [0.15, 0.2) is 48.8 Å². The number of carbonyl (C=O) groups is 1. The van der Waals surface area contributed by atoms with E-state index in [-0.39, 0.29) is 6.03 Å². The molecule has 5 heteroatoms. The largest absolute Gasteiger partial charge is 0.368 e. The molecule has 1 aliphatic heterocycles. The van der Waals surface area contributed by atoms with Crippen molar-refractivity contribution in [3.05, 3.63) is 59.9 Å². The fourth-order valence-corrected chi connectivity index (χ4v) is 3.06. The van der Waals surface area contributed by atoms with E-state index in [1.807, 2.05) is 17.0 Å². The van der Waals surface area contributed by atoms with Gasteiger partial charge in [-0.2, -0.15) is 0 Å². The molecule has 24 heavy (non-hydrogen) atoms. The van der Waals surface area contributed by atoms with Gasteiger partial charge < -0.3 is 15.1 Å². The van der Waals surface area contributed by atoms with Crippen molar-refractivity contribution in [1.82, 2.24) is 15.2 Å². The molecule has 126 valence electrons. The number of rotatable bonds is 4. The van der Waals surface area contributed by atoms with Gasteiger partial charge in [0.2, 0.25) is 0 Å². The highest BCUT2D eigenvalue weighted by Crippen LogP contribution is 2.22. The molecule has 3 rings (SSSR count). The summed E-state index contributed by atoms with van der Waals surface area (Å²) in [5.41, 5.74) is 3.68. The Labute approximate surface area is 143 Å². The molecule has 2 amide bonds. The second-order valence-electron chi connectivity index (χ2n) is 5.98. The predicted molar refractivity (Wildman–Crippen MR) is 96.1 cm³/mol. The number of piperazine rings is 1. The number of nitrogens with zero attached hydrogens (tertiary/aromatic N) is 3. The van der Waals surface area contributed by atoms with Gasteiger partial charge in [0.15, 0.2) is 0 Å². The first-order valence-corrected chi connectivity index (χ1v) is 8.52. The van der Waals surface area contributed by atoms with Crippen molar-refractivity contribution in [2.75, 3.05) is 31.1 Å². The van der Waals surface area contributed by atoms with Crippen LogP contribution in [-0.2, 0) is 13.0 Å². The van der Waals surface area contributed by atoms with Gasteiger partial charge in [0.25, 0.3) is 0 Å². The molecule has 2 aromatic rings. The molecule has 1 aromatic carbocycles. The van der Waals surface area contributed by atoms with Gasteiger partial charge in [-0.15, -0.1) is 0 Å². The summed E-state index contributed by atoms with van der Waals surface area (Å²) in [6.07, 6.45) is 4.54. The molecule has 0 radical (unpaired) electrons. The molecule has 0 aliphatic carbocycles. The van der Waals surface area contributed by atoms with Crippen molar-refractivity contribution >= 4 is 11.7 Å². The van der Waals surface area contributed by atoms with Crippen molar-refractivity contribution in [2.24, 2.45) is 0 Å². The first-order chi connectivity index (χ1) is 11.8. The number of pyridine rings is 1. The lowest BCUT2D eigenvalue weighted by molar-refractivity contribution is 0.194. The van der Waals surface area contributed by atoms with Gasteiger partial charge in [0.1, 0.15) is 0 Å². The number of amides is 2. The summed E-state index contributed by atoms with van der Waals surface area (Å²) >= 11 is 0. The first kappa shape index (κ1) is 16.3. The Balaban J connectivity index is 1.52. The van der Waals surface area contributed by atoms with Gasteiger partial charge in [0.05, 0.1) is 0 Å². The topological polar surface area (TPSA) is 48.5 Å². The van der Waals surface area contributed by atoms with Crippen LogP contribution in [0.25, 0.3) is 0 Å². The molecule has 0 atom stereocenters. The van der Waals surface area contributed by atoms with E-state index in [0.717, 1.165) is 38.2 Å². The van der Waals surface area contributed by atoms with E-state index in [1.54, 1.807) is 12.4 Å². The van der Waals surface area contributed by atoms with Crippen LogP contribution >= 0.6 is 0 Å². The molecular formula is C19H24N4O. The van der Waals surface area contributed by atoms with Crippen molar-refractivity contribution in [3.63, 3.8) is 0 Å². The zero-order chi connectivity index (χ0) is 16.8. The highest BCUT2D eigenvalue weighted by Gasteiger charge is 2.22. The van der Waals surface area contributed by atoms with E-state index in [1.165, 1.54) is 11.3 Å². The van der Waals surface area contributed by atoms with Crippen LogP contribution in [0.3, 0.4) is 0 Å². The van der Waals surface area contributed by atoms with Crippen molar-refractivity contribution in [3.8, 4) is 0 Å². The van der Waals surface area contributed by atoms with Crippen LogP contribution in [0.5, 0.6) is 0 Å². The Bertz CT molecular complexity index is 666. The number of hydrogen-bond donors (Lipinski definition) is 1. The average molecular weight is 324 g/mol. The lowest BCUT2D eigenvalue weighted by Crippen LogP contribution is -2.51. The molecule has 1 N–H and O–H groups in total. The molecule has 1 fully saturated rings. The average Bonchev–Trinajstić information content (AvgIpc) is 2.67. The van der Waals surface area contributed by atoms with E-state index >= 15 is 0 Å². The standard InChI is InChI=1S/C19H24N4O/c1-2-17-7-3-4-8-18(17)22-10-12-23(13-11-22)19(24)21-15-16-6-5-9-20-14-16/h3-9,14H,2,10-13,15H2,1H3,(H,21,24). The van der Waals surface area contributed by atoms with Gasteiger partial charge in [-0.25, -0.2) is 4.79 Å². The Morgan fingerprint density at radius 3 is 2.62 bits per heavy atom. The summed E-state index contributed by atoms with van der Waals surface area (Å²) in [5.74, 6) is 0. The van der Waals surface area contributed by atoms with Gasteiger partial charge in [-0.3, -0.25) is 4.98 Å². The Morgan fingerprint density at radius 2 is 1.92 bits per heavy atom.